The maximum Gasteiger partial charge on any atom is 0.277 e. The molecule has 0 spiro atoms. The fraction of sp³-hybridized carbons (Fsp3) is 0.500. The van der Waals surface area contributed by atoms with Crippen LogP contribution in [-0.4, -0.2) is 28.1 Å². The van der Waals surface area contributed by atoms with Crippen molar-refractivity contribution in [2.45, 2.75) is 30.9 Å². The van der Waals surface area contributed by atoms with Crippen LogP contribution in [0.5, 0.6) is 0 Å². The second kappa shape index (κ2) is 8.59. The van der Waals surface area contributed by atoms with Gasteiger partial charge in [0, 0.05) is 4.88 Å². The molecule has 5 nitrogen and oxygen atoms in total. The van der Waals surface area contributed by atoms with Gasteiger partial charge in [-0.2, -0.15) is 11.8 Å². The van der Waals surface area contributed by atoms with Crippen LogP contribution in [0.25, 0.3) is 0 Å². The fourth-order valence-electron chi connectivity index (χ4n) is 1.86. The maximum absolute atomic E-state index is 12.1. The van der Waals surface area contributed by atoms with Crippen LogP contribution in [0.4, 0.5) is 0 Å². The number of nitrogens with one attached hydrogen (secondary N) is 1. The summed E-state index contributed by atoms with van der Waals surface area (Å²) in [6.07, 6.45) is 1.97. The highest BCUT2D eigenvalue weighted by molar-refractivity contribution is 7.99. The second-order valence-electron chi connectivity index (χ2n) is 4.99. The monoisotopic (exact) mass is 357 g/mol. The Bertz CT molecular complexity index is 584. The van der Waals surface area contributed by atoms with E-state index < -0.39 is 0 Å². The van der Waals surface area contributed by atoms with Crippen molar-refractivity contribution < 1.29 is 9.21 Å². The summed E-state index contributed by atoms with van der Waals surface area (Å²) >= 11 is 4.55. The quantitative estimate of drug-likeness (QED) is 0.728. The summed E-state index contributed by atoms with van der Waals surface area (Å²) in [5, 5.41) is 13.4. The van der Waals surface area contributed by atoms with Gasteiger partial charge in [0.05, 0.1) is 17.5 Å². The van der Waals surface area contributed by atoms with Crippen molar-refractivity contribution in [1.29, 1.82) is 0 Å². The van der Waals surface area contributed by atoms with Gasteiger partial charge in [-0.3, -0.25) is 4.79 Å². The molecule has 8 heteroatoms. The molecule has 0 bridgehead atoms. The van der Waals surface area contributed by atoms with Crippen LogP contribution in [0.2, 0.25) is 0 Å². The summed E-state index contributed by atoms with van der Waals surface area (Å²) in [7, 11) is 0. The highest BCUT2D eigenvalue weighted by atomic mass is 32.2. The lowest BCUT2D eigenvalue weighted by Crippen LogP contribution is -2.32. The lowest BCUT2D eigenvalue weighted by atomic mass is 10.0. The van der Waals surface area contributed by atoms with E-state index in [1.807, 2.05) is 17.7 Å². The van der Waals surface area contributed by atoms with Crippen LogP contribution in [0, 0.1) is 5.92 Å². The molecule has 120 valence electrons. The molecule has 2 heterocycles. The summed E-state index contributed by atoms with van der Waals surface area (Å²) in [5.41, 5.74) is 0. The molecule has 0 aliphatic heterocycles. The minimum absolute atomic E-state index is 0.0262. The third-order valence-corrected chi connectivity index (χ3v) is 5.19. The number of hydrogen-bond donors (Lipinski definition) is 1. The minimum atomic E-state index is -0.0262. The molecular weight excluding hydrogens is 338 g/mol. The first-order chi connectivity index (χ1) is 10.6. The Morgan fingerprint density at radius 2 is 2.27 bits per heavy atom. The largest absolute Gasteiger partial charge is 0.415 e. The van der Waals surface area contributed by atoms with E-state index in [9.17, 15) is 4.79 Å². The van der Waals surface area contributed by atoms with Gasteiger partial charge in [-0.25, -0.2) is 0 Å². The van der Waals surface area contributed by atoms with Crippen LogP contribution in [0.15, 0.2) is 27.2 Å². The van der Waals surface area contributed by atoms with Crippen molar-refractivity contribution >= 4 is 40.8 Å². The average molecular weight is 358 g/mol. The van der Waals surface area contributed by atoms with Gasteiger partial charge in [0.15, 0.2) is 0 Å². The number of rotatable bonds is 8. The van der Waals surface area contributed by atoms with Crippen LogP contribution in [-0.2, 0) is 10.5 Å². The lowest BCUT2D eigenvalue weighted by molar-refractivity contribution is -0.119. The third-order valence-electron chi connectivity index (χ3n) is 2.88. The fourth-order valence-corrected chi connectivity index (χ4v) is 3.76. The molecule has 22 heavy (non-hydrogen) atoms. The number of amides is 1. The van der Waals surface area contributed by atoms with Crippen molar-refractivity contribution in [3.05, 3.63) is 28.3 Å². The number of hydrogen-bond acceptors (Lipinski definition) is 7. The zero-order valence-corrected chi connectivity index (χ0v) is 15.2. The molecule has 0 saturated heterocycles. The smallest absolute Gasteiger partial charge is 0.277 e. The van der Waals surface area contributed by atoms with Crippen LogP contribution >= 0.6 is 34.9 Å². The van der Waals surface area contributed by atoms with Gasteiger partial charge in [0.2, 0.25) is 11.8 Å². The van der Waals surface area contributed by atoms with E-state index in [1.165, 1.54) is 16.6 Å². The molecule has 2 aromatic heterocycles. The number of nitrogens with zero attached hydrogens (tertiary/aromatic N) is 2. The normalized spacial score (nSPS) is 12.5. The lowest BCUT2D eigenvalue weighted by Gasteiger charge is -2.21. The van der Waals surface area contributed by atoms with Crippen LogP contribution in [0.3, 0.4) is 0 Å². The number of thioether (sulfide) groups is 2. The first-order valence-corrected chi connectivity index (χ1v) is 10.1. The van der Waals surface area contributed by atoms with Gasteiger partial charge in [-0.15, -0.1) is 21.5 Å². The molecule has 0 radical (unpaired) electrons. The minimum Gasteiger partial charge on any atom is -0.415 e. The predicted octanol–water partition coefficient (Wildman–Crippen LogP) is 3.60. The van der Waals surface area contributed by atoms with Crippen molar-refractivity contribution in [2.75, 3.05) is 12.0 Å². The third kappa shape index (κ3) is 5.03. The van der Waals surface area contributed by atoms with Gasteiger partial charge < -0.3 is 9.73 Å². The summed E-state index contributed by atoms with van der Waals surface area (Å²) < 4.78 is 5.44. The summed E-state index contributed by atoms with van der Waals surface area (Å²) in [6.45, 7) is 4.20. The Kier molecular flexibility index (Phi) is 6.78. The number of carbonyl (C=O) groups is 1. The van der Waals surface area contributed by atoms with Gasteiger partial charge in [0.1, 0.15) is 0 Å². The molecule has 0 aliphatic carbocycles. The molecule has 2 aromatic rings. The van der Waals surface area contributed by atoms with Crippen molar-refractivity contribution in [3.63, 3.8) is 0 Å². The van der Waals surface area contributed by atoms with E-state index in [0.717, 1.165) is 0 Å². The summed E-state index contributed by atoms with van der Waals surface area (Å²) in [5.74, 6) is 1.86. The SMILES string of the molecule is CSCc1nnc(SCC(=O)NC(c2cccs2)C(C)C)o1. The number of thiophene rings is 1. The maximum atomic E-state index is 12.1. The first kappa shape index (κ1) is 17.4. The average Bonchev–Trinajstić information content (AvgIpc) is 3.14. The van der Waals surface area contributed by atoms with Gasteiger partial charge in [0.25, 0.3) is 5.22 Å². The van der Waals surface area contributed by atoms with Crippen LogP contribution < -0.4 is 5.32 Å². The molecule has 1 N–H and O–H groups in total. The standard InChI is InChI=1S/C14H19N3O2S3/c1-9(2)13(10-5-4-6-21-10)15-11(18)7-22-14-17-16-12(19-14)8-20-3/h4-6,9,13H,7-8H2,1-3H3,(H,15,18). The zero-order valence-electron chi connectivity index (χ0n) is 12.7. The predicted molar refractivity (Wildman–Crippen MR) is 92.3 cm³/mol. The van der Waals surface area contributed by atoms with Gasteiger partial charge in [-0.1, -0.05) is 31.7 Å². The molecule has 1 unspecified atom stereocenters. The van der Waals surface area contributed by atoms with Gasteiger partial charge >= 0.3 is 0 Å². The molecule has 0 aromatic carbocycles. The summed E-state index contributed by atoms with van der Waals surface area (Å²) in [6, 6.07) is 4.10. The molecule has 2 rings (SSSR count). The second-order valence-corrected chi connectivity index (χ2v) is 7.76. The Morgan fingerprint density at radius 1 is 1.45 bits per heavy atom. The van der Waals surface area contributed by atoms with E-state index in [-0.39, 0.29) is 17.7 Å². The number of aromatic nitrogens is 2. The van der Waals surface area contributed by atoms with Crippen molar-refractivity contribution in [2.24, 2.45) is 5.92 Å². The Morgan fingerprint density at radius 3 is 2.91 bits per heavy atom. The van der Waals surface area contributed by atoms with Crippen molar-refractivity contribution in [3.8, 4) is 0 Å². The Labute approximate surface area is 142 Å². The molecule has 1 amide bonds. The number of carbonyl (C=O) groups excluding carboxylic acids is 1. The highest BCUT2D eigenvalue weighted by Crippen LogP contribution is 2.26. The van der Waals surface area contributed by atoms with E-state index in [1.54, 1.807) is 23.1 Å². The molecule has 0 saturated carbocycles. The van der Waals surface area contributed by atoms with Crippen LogP contribution in [0.1, 0.15) is 30.7 Å². The van der Waals surface area contributed by atoms with E-state index in [4.69, 9.17) is 4.42 Å². The zero-order chi connectivity index (χ0) is 15.9. The molecule has 1 atom stereocenters. The Balaban J connectivity index is 1.86. The first-order valence-electron chi connectivity index (χ1n) is 6.87. The molecule has 0 aliphatic rings. The highest BCUT2D eigenvalue weighted by Gasteiger charge is 2.19. The topological polar surface area (TPSA) is 68.0 Å². The van der Waals surface area contributed by atoms with E-state index >= 15 is 0 Å². The van der Waals surface area contributed by atoms with Crippen molar-refractivity contribution in [1.82, 2.24) is 15.5 Å². The molecule has 0 fully saturated rings. The Hall–Kier alpha value is -0.990. The summed E-state index contributed by atoms with van der Waals surface area (Å²) in [4.78, 5) is 13.3. The van der Waals surface area contributed by atoms with E-state index in [2.05, 4.69) is 35.4 Å². The van der Waals surface area contributed by atoms with Gasteiger partial charge in [-0.05, 0) is 23.6 Å². The molecular formula is C14H19N3O2S3. The van der Waals surface area contributed by atoms with E-state index in [0.29, 0.717) is 22.8 Å².